The second kappa shape index (κ2) is 4.46. The van der Waals surface area contributed by atoms with Gasteiger partial charge in [0.2, 0.25) is 11.9 Å². The Balaban J connectivity index is 1.73. The molecule has 1 heterocycles. The van der Waals surface area contributed by atoms with E-state index in [1.165, 1.54) is 0 Å². The second-order valence-corrected chi connectivity index (χ2v) is 5.03. The summed E-state index contributed by atoms with van der Waals surface area (Å²) in [4.78, 5) is 21.1. The normalized spacial score (nSPS) is 14.6. The van der Waals surface area contributed by atoms with E-state index in [0.29, 0.717) is 24.2 Å². The van der Waals surface area contributed by atoms with Crippen LogP contribution in [0.4, 0.5) is 11.6 Å². The molecule has 1 fully saturated rings. The largest absolute Gasteiger partial charge is 0.399 e. The molecule has 1 saturated carbocycles. The van der Waals surface area contributed by atoms with Crippen LogP contribution in [0.25, 0.3) is 11.0 Å². The highest BCUT2D eigenvalue weighted by Crippen LogP contribution is 2.20. The Morgan fingerprint density at radius 1 is 1.58 bits per heavy atom. The monoisotopic (exact) mass is 259 g/mol. The third-order valence-corrected chi connectivity index (χ3v) is 3.18. The summed E-state index contributed by atoms with van der Waals surface area (Å²) in [5, 5.41) is 2.96. The summed E-state index contributed by atoms with van der Waals surface area (Å²) < 4.78 is 0. The van der Waals surface area contributed by atoms with Crippen LogP contribution in [0, 0.1) is 0 Å². The number of aromatic nitrogens is 2. The topological polar surface area (TPSA) is 87.0 Å². The van der Waals surface area contributed by atoms with Crippen LogP contribution in [0.5, 0.6) is 0 Å². The van der Waals surface area contributed by atoms with Crippen LogP contribution in [0.1, 0.15) is 12.8 Å². The first-order valence-electron chi connectivity index (χ1n) is 6.37. The van der Waals surface area contributed by atoms with Gasteiger partial charge in [0, 0.05) is 18.8 Å². The number of benzene rings is 1. The lowest BCUT2D eigenvalue weighted by Crippen LogP contribution is -2.36. The van der Waals surface area contributed by atoms with Gasteiger partial charge in [-0.1, -0.05) is 0 Å². The quantitative estimate of drug-likeness (QED) is 0.711. The number of hydrogen-bond acceptors (Lipinski definition) is 4. The van der Waals surface area contributed by atoms with Crippen LogP contribution in [0.2, 0.25) is 0 Å². The number of carbonyl (C=O) groups excluding carboxylic acids is 1. The minimum atomic E-state index is 0.0324. The summed E-state index contributed by atoms with van der Waals surface area (Å²) >= 11 is 0. The van der Waals surface area contributed by atoms with Crippen molar-refractivity contribution in [1.29, 1.82) is 0 Å². The maximum atomic E-state index is 11.7. The van der Waals surface area contributed by atoms with Crippen molar-refractivity contribution in [2.45, 2.75) is 18.9 Å². The van der Waals surface area contributed by atoms with Gasteiger partial charge in [0.15, 0.2) is 0 Å². The molecule has 1 aromatic heterocycles. The number of aromatic amines is 1. The first-order chi connectivity index (χ1) is 9.11. The van der Waals surface area contributed by atoms with Gasteiger partial charge in [0.1, 0.15) is 0 Å². The van der Waals surface area contributed by atoms with Crippen molar-refractivity contribution in [3.63, 3.8) is 0 Å². The summed E-state index contributed by atoms with van der Waals surface area (Å²) in [5.41, 5.74) is 8.14. The van der Waals surface area contributed by atoms with E-state index in [2.05, 4.69) is 15.3 Å². The number of carbonyl (C=O) groups is 1. The number of H-pyrrole nitrogens is 1. The van der Waals surface area contributed by atoms with Crippen molar-refractivity contribution >= 4 is 28.6 Å². The molecule has 0 radical (unpaired) electrons. The third-order valence-electron chi connectivity index (χ3n) is 3.18. The molecule has 19 heavy (non-hydrogen) atoms. The summed E-state index contributed by atoms with van der Waals surface area (Å²) in [7, 11) is 1.84. The van der Waals surface area contributed by atoms with Crippen molar-refractivity contribution in [3.05, 3.63) is 18.2 Å². The molecule has 0 aliphatic heterocycles. The Morgan fingerprint density at radius 2 is 2.37 bits per heavy atom. The minimum Gasteiger partial charge on any atom is -0.399 e. The fourth-order valence-corrected chi connectivity index (χ4v) is 1.99. The number of fused-ring (bicyclic) bond motifs is 1. The minimum absolute atomic E-state index is 0.0324. The van der Waals surface area contributed by atoms with Gasteiger partial charge in [0.25, 0.3) is 0 Å². The number of nitrogen functional groups attached to an aromatic ring is 1. The maximum absolute atomic E-state index is 11.7. The predicted molar refractivity (Wildman–Crippen MR) is 74.9 cm³/mol. The molecule has 1 aliphatic carbocycles. The standard InChI is InChI=1S/C13H17N5O/c1-18(7-12(19)15-9-3-4-9)13-16-10-5-2-8(14)6-11(10)17-13/h2,5-6,9H,3-4,7,14H2,1H3,(H,15,19)(H,16,17). The summed E-state index contributed by atoms with van der Waals surface area (Å²) in [6, 6.07) is 5.90. The van der Waals surface area contributed by atoms with Gasteiger partial charge in [0.05, 0.1) is 17.6 Å². The Morgan fingerprint density at radius 3 is 3.11 bits per heavy atom. The van der Waals surface area contributed by atoms with E-state index >= 15 is 0 Å². The second-order valence-electron chi connectivity index (χ2n) is 5.03. The zero-order chi connectivity index (χ0) is 13.4. The number of nitrogens with zero attached hydrogens (tertiary/aromatic N) is 2. The first kappa shape index (κ1) is 11.8. The summed E-state index contributed by atoms with van der Waals surface area (Å²) in [6.07, 6.45) is 2.19. The van der Waals surface area contributed by atoms with E-state index in [-0.39, 0.29) is 5.91 Å². The van der Waals surface area contributed by atoms with E-state index in [0.717, 1.165) is 23.9 Å². The van der Waals surface area contributed by atoms with Gasteiger partial charge in [-0.3, -0.25) is 4.79 Å². The molecule has 4 N–H and O–H groups in total. The van der Waals surface area contributed by atoms with Gasteiger partial charge in [-0.2, -0.15) is 0 Å². The number of rotatable bonds is 4. The molecule has 6 heteroatoms. The van der Waals surface area contributed by atoms with E-state index in [1.54, 1.807) is 4.90 Å². The Bertz CT molecular complexity index is 617. The number of amides is 1. The zero-order valence-corrected chi connectivity index (χ0v) is 10.8. The molecule has 0 spiro atoms. The third kappa shape index (κ3) is 2.62. The number of hydrogen-bond donors (Lipinski definition) is 3. The highest BCUT2D eigenvalue weighted by Gasteiger charge is 2.23. The molecule has 100 valence electrons. The van der Waals surface area contributed by atoms with Gasteiger partial charge in [-0.05, 0) is 31.0 Å². The summed E-state index contributed by atoms with van der Waals surface area (Å²) in [6.45, 7) is 0.297. The van der Waals surface area contributed by atoms with Crippen molar-refractivity contribution in [2.75, 3.05) is 24.2 Å². The number of nitrogens with two attached hydrogens (primary N) is 1. The van der Waals surface area contributed by atoms with Crippen LogP contribution < -0.4 is 16.0 Å². The lowest BCUT2D eigenvalue weighted by atomic mass is 10.3. The lowest BCUT2D eigenvalue weighted by molar-refractivity contribution is -0.119. The molecular weight excluding hydrogens is 242 g/mol. The molecule has 0 bridgehead atoms. The van der Waals surface area contributed by atoms with Gasteiger partial charge in [-0.25, -0.2) is 4.98 Å². The molecule has 6 nitrogen and oxygen atoms in total. The average molecular weight is 259 g/mol. The highest BCUT2D eigenvalue weighted by molar-refractivity contribution is 5.84. The van der Waals surface area contributed by atoms with E-state index < -0.39 is 0 Å². The molecular formula is C13H17N5O. The summed E-state index contributed by atoms with van der Waals surface area (Å²) in [5.74, 6) is 0.705. The maximum Gasteiger partial charge on any atom is 0.239 e. The SMILES string of the molecule is CN(CC(=O)NC1CC1)c1nc2ccc(N)cc2[nH]1. The molecule has 0 saturated heterocycles. The number of likely N-dealkylation sites (N-methyl/N-ethyl adjacent to an activating group) is 1. The van der Waals surface area contributed by atoms with Crippen LogP contribution in [0.15, 0.2) is 18.2 Å². The number of imidazole rings is 1. The van der Waals surface area contributed by atoms with Crippen LogP contribution in [0.3, 0.4) is 0 Å². The van der Waals surface area contributed by atoms with E-state index in [9.17, 15) is 4.79 Å². The first-order valence-corrected chi connectivity index (χ1v) is 6.37. The number of nitrogens with one attached hydrogen (secondary N) is 2. The van der Waals surface area contributed by atoms with E-state index in [1.807, 2.05) is 25.2 Å². The molecule has 3 rings (SSSR count). The molecule has 1 aliphatic rings. The molecule has 1 aromatic carbocycles. The van der Waals surface area contributed by atoms with Crippen LogP contribution in [-0.2, 0) is 4.79 Å². The molecule has 0 atom stereocenters. The van der Waals surface area contributed by atoms with Crippen LogP contribution >= 0.6 is 0 Å². The fraction of sp³-hybridized carbons (Fsp3) is 0.385. The zero-order valence-electron chi connectivity index (χ0n) is 10.8. The van der Waals surface area contributed by atoms with E-state index in [4.69, 9.17) is 5.73 Å². The molecule has 0 unspecified atom stereocenters. The van der Waals surface area contributed by atoms with Crippen molar-refractivity contribution in [2.24, 2.45) is 0 Å². The van der Waals surface area contributed by atoms with Crippen LogP contribution in [-0.4, -0.2) is 35.5 Å². The highest BCUT2D eigenvalue weighted by atomic mass is 16.2. The van der Waals surface area contributed by atoms with Gasteiger partial charge in [-0.15, -0.1) is 0 Å². The smallest absolute Gasteiger partial charge is 0.239 e. The Hall–Kier alpha value is -2.24. The molecule has 2 aromatic rings. The van der Waals surface area contributed by atoms with Gasteiger partial charge >= 0.3 is 0 Å². The fourth-order valence-electron chi connectivity index (χ4n) is 1.99. The lowest BCUT2D eigenvalue weighted by Gasteiger charge is -2.15. The van der Waals surface area contributed by atoms with Gasteiger partial charge < -0.3 is 20.9 Å². The Kier molecular flexibility index (Phi) is 2.77. The molecule has 1 amide bonds. The van der Waals surface area contributed by atoms with Crippen molar-refractivity contribution in [1.82, 2.24) is 15.3 Å². The predicted octanol–water partition coefficient (Wildman–Crippen LogP) is 0.860. The van der Waals surface area contributed by atoms with Crippen molar-refractivity contribution < 1.29 is 4.79 Å². The average Bonchev–Trinajstić information content (AvgIpc) is 3.05. The number of anilines is 2. The van der Waals surface area contributed by atoms with Crippen molar-refractivity contribution in [3.8, 4) is 0 Å². The Labute approximate surface area is 111 Å².